The fraction of sp³-hybridized carbons (Fsp3) is 0.632. The Bertz CT molecular complexity index is 410. The van der Waals surface area contributed by atoms with Crippen LogP contribution in [0.1, 0.15) is 65.4 Å². The zero-order valence-corrected chi connectivity index (χ0v) is 15.2. The summed E-state index contributed by atoms with van der Waals surface area (Å²) in [5.74, 6) is 1.51. The van der Waals surface area contributed by atoms with E-state index in [1.807, 2.05) is 52.1 Å². The molecule has 22 heavy (non-hydrogen) atoms. The van der Waals surface area contributed by atoms with E-state index in [1.54, 1.807) is 14.2 Å². The molecule has 0 atom stereocenters. The Labute approximate surface area is 136 Å². The minimum absolute atomic E-state index is 0.506. The van der Waals surface area contributed by atoms with Gasteiger partial charge in [0.2, 0.25) is 0 Å². The van der Waals surface area contributed by atoms with Gasteiger partial charge >= 0.3 is 0 Å². The van der Waals surface area contributed by atoms with Crippen LogP contribution in [0.25, 0.3) is 0 Å². The summed E-state index contributed by atoms with van der Waals surface area (Å²) in [6.07, 6.45) is 8.40. The third-order valence-corrected chi connectivity index (χ3v) is 3.42. The van der Waals surface area contributed by atoms with Gasteiger partial charge in [0.15, 0.2) is 11.5 Å². The van der Waals surface area contributed by atoms with Crippen LogP contribution in [-0.4, -0.2) is 26.5 Å². The van der Waals surface area contributed by atoms with Crippen LogP contribution in [-0.2, 0) is 0 Å². The third-order valence-electron chi connectivity index (χ3n) is 3.42. The Morgan fingerprint density at radius 3 is 2.05 bits per heavy atom. The van der Waals surface area contributed by atoms with Crippen molar-refractivity contribution in [1.82, 2.24) is 0 Å². The highest BCUT2D eigenvalue weighted by Crippen LogP contribution is 2.27. The summed E-state index contributed by atoms with van der Waals surface area (Å²) in [6.45, 7) is 8.00. The standard InChI is InChI=1S/C15H21NO2.2C2H6/c1-17-14-9-8-12(10-15(14)18-2)11-16-13-6-4-3-5-7-13;2*1-2/h8-11,13H,3-7H2,1-2H3;2*1-2H3. The number of hydrogen-bond acceptors (Lipinski definition) is 3. The fourth-order valence-electron chi connectivity index (χ4n) is 2.35. The quantitative estimate of drug-likeness (QED) is 0.687. The van der Waals surface area contributed by atoms with Crippen molar-refractivity contribution in [3.8, 4) is 11.5 Å². The minimum Gasteiger partial charge on any atom is -0.493 e. The van der Waals surface area contributed by atoms with Crippen LogP contribution in [0.15, 0.2) is 23.2 Å². The summed E-state index contributed by atoms with van der Waals surface area (Å²) in [6, 6.07) is 6.40. The average Bonchev–Trinajstić information content (AvgIpc) is 2.64. The first-order valence-electron chi connectivity index (χ1n) is 8.58. The van der Waals surface area contributed by atoms with Crippen LogP contribution < -0.4 is 9.47 Å². The highest BCUT2D eigenvalue weighted by Gasteiger charge is 2.11. The zero-order valence-electron chi connectivity index (χ0n) is 15.2. The predicted molar refractivity (Wildman–Crippen MR) is 96.7 cm³/mol. The van der Waals surface area contributed by atoms with Gasteiger partial charge in [0.05, 0.1) is 14.2 Å². The van der Waals surface area contributed by atoms with E-state index in [2.05, 4.69) is 4.99 Å². The first kappa shape index (κ1) is 20.5. The maximum Gasteiger partial charge on any atom is 0.161 e. The van der Waals surface area contributed by atoms with Crippen molar-refractivity contribution in [2.24, 2.45) is 4.99 Å². The van der Waals surface area contributed by atoms with E-state index in [4.69, 9.17) is 9.47 Å². The molecule has 3 nitrogen and oxygen atoms in total. The van der Waals surface area contributed by atoms with Crippen molar-refractivity contribution >= 4 is 6.21 Å². The van der Waals surface area contributed by atoms with Crippen molar-refractivity contribution < 1.29 is 9.47 Å². The monoisotopic (exact) mass is 307 g/mol. The number of methoxy groups -OCH3 is 2. The molecule has 0 spiro atoms. The Hall–Kier alpha value is -1.51. The van der Waals surface area contributed by atoms with Crippen molar-refractivity contribution in [2.45, 2.75) is 65.8 Å². The first-order valence-corrected chi connectivity index (χ1v) is 8.58. The molecule has 3 heteroatoms. The predicted octanol–water partition coefficient (Wildman–Crippen LogP) is 5.51. The molecule has 1 aliphatic carbocycles. The molecule has 0 aliphatic heterocycles. The van der Waals surface area contributed by atoms with E-state index < -0.39 is 0 Å². The SMILES string of the molecule is CC.CC.COc1ccc(C=NC2CCCCC2)cc1OC. The van der Waals surface area contributed by atoms with Crippen LogP contribution in [0.3, 0.4) is 0 Å². The molecular weight excluding hydrogens is 274 g/mol. The Balaban J connectivity index is 0.00000102. The summed E-state index contributed by atoms with van der Waals surface area (Å²) < 4.78 is 10.5. The second-order valence-electron chi connectivity index (χ2n) is 4.68. The summed E-state index contributed by atoms with van der Waals surface area (Å²) >= 11 is 0. The van der Waals surface area contributed by atoms with Crippen molar-refractivity contribution in [2.75, 3.05) is 14.2 Å². The molecule has 1 aromatic carbocycles. The van der Waals surface area contributed by atoms with Crippen LogP contribution >= 0.6 is 0 Å². The van der Waals surface area contributed by atoms with Gasteiger partial charge in [-0.1, -0.05) is 47.0 Å². The Kier molecular flexibility index (Phi) is 12.3. The molecule has 0 amide bonds. The van der Waals surface area contributed by atoms with Crippen molar-refractivity contribution in [3.05, 3.63) is 23.8 Å². The summed E-state index contributed by atoms with van der Waals surface area (Å²) in [4.78, 5) is 4.66. The molecule has 1 fully saturated rings. The van der Waals surface area contributed by atoms with Gasteiger partial charge in [0.25, 0.3) is 0 Å². The topological polar surface area (TPSA) is 30.8 Å². The number of benzene rings is 1. The molecule has 1 aromatic rings. The minimum atomic E-state index is 0.506. The Morgan fingerprint density at radius 2 is 1.50 bits per heavy atom. The molecule has 0 radical (unpaired) electrons. The van der Waals surface area contributed by atoms with Gasteiger partial charge in [-0.25, -0.2) is 0 Å². The molecule has 0 bridgehead atoms. The van der Waals surface area contributed by atoms with E-state index in [0.717, 1.165) is 17.1 Å². The van der Waals surface area contributed by atoms with E-state index in [0.29, 0.717) is 6.04 Å². The smallest absolute Gasteiger partial charge is 0.161 e. The second-order valence-corrected chi connectivity index (χ2v) is 4.68. The molecule has 126 valence electrons. The highest BCUT2D eigenvalue weighted by atomic mass is 16.5. The molecule has 0 N–H and O–H groups in total. The molecule has 0 unspecified atom stereocenters. The van der Waals surface area contributed by atoms with Crippen molar-refractivity contribution in [3.63, 3.8) is 0 Å². The first-order chi connectivity index (χ1) is 10.8. The largest absolute Gasteiger partial charge is 0.493 e. The summed E-state index contributed by atoms with van der Waals surface area (Å²) in [7, 11) is 3.30. The number of ether oxygens (including phenoxy) is 2. The van der Waals surface area contributed by atoms with Crippen LogP contribution in [0.2, 0.25) is 0 Å². The maximum absolute atomic E-state index is 5.28. The molecule has 0 aromatic heterocycles. The lowest BCUT2D eigenvalue weighted by Gasteiger charge is -2.17. The lowest BCUT2D eigenvalue weighted by atomic mass is 9.96. The summed E-state index contributed by atoms with van der Waals surface area (Å²) in [5.41, 5.74) is 1.07. The average molecular weight is 307 g/mol. The number of aliphatic imine (C=N–C) groups is 1. The lowest BCUT2D eigenvalue weighted by molar-refractivity contribution is 0.355. The molecule has 1 aliphatic rings. The summed E-state index contributed by atoms with van der Waals surface area (Å²) in [5, 5.41) is 0. The molecular formula is C19H33NO2. The van der Waals surface area contributed by atoms with Gasteiger partial charge < -0.3 is 9.47 Å². The zero-order chi connectivity index (χ0) is 16.8. The normalized spacial score (nSPS) is 14.5. The van der Waals surface area contributed by atoms with E-state index >= 15 is 0 Å². The van der Waals surface area contributed by atoms with Gasteiger partial charge in [0, 0.05) is 12.3 Å². The lowest BCUT2D eigenvalue weighted by Crippen LogP contribution is -2.09. The molecule has 2 rings (SSSR count). The van der Waals surface area contributed by atoms with Crippen LogP contribution in [0, 0.1) is 0 Å². The Morgan fingerprint density at radius 1 is 0.909 bits per heavy atom. The van der Waals surface area contributed by atoms with Gasteiger partial charge in [0.1, 0.15) is 0 Å². The second kappa shape index (κ2) is 13.2. The number of nitrogens with zero attached hydrogens (tertiary/aromatic N) is 1. The van der Waals surface area contributed by atoms with Gasteiger partial charge in [-0.15, -0.1) is 0 Å². The van der Waals surface area contributed by atoms with Crippen LogP contribution in [0.4, 0.5) is 0 Å². The number of hydrogen-bond donors (Lipinski definition) is 0. The third kappa shape index (κ3) is 6.97. The van der Waals surface area contributed by atoms with Gasteiger partial charge in [-0.05, 0) is 36.6 Å². The van der Waals surface area contributed by atoms with E-state index in [9.17, 15) is 0 Å². The van der Waals surface area contributed by atoms with E-state index in [1.165, 1.54) is 32.1 Å². The fourth-order valence-corrected chi connectivity index (χ4v) is 2.35. The maximum atomic E-state index is 5.28. The number of rotatable bonds is 4. The van der Waals surface area contributed by atoms with Gasteiger partial charge in [-0.3, -0.25) is 4.99 Å². The highest BCUT2D eigenvalue weighted by molar-refractivity contribution is 5.81. The molecule has 0 heterocycles. The van der Waals surface area contributed by atoms with Gasteiger partial charge in [-0.2, -0.15) is 0 Å². The van der Waals surface area contributed by atoms with Crippen molar-refractivity contribution in [1.29, 1.82) is 0 Å². The molecule has 1 saturated carbocycles. The molecule has 0 saturated heterocycles. The van der Waals surface area contributed by atoms with Crippen LogP contribution in [0.5, 0.6) is 11.5 Å². The van der Waals surface area contributed by atoms with E-state index in [-0.39, 0.29) is 0 Å².